The van der Waals surface area contributed by atoms with Crippen molar-refractivity contribution >= 4 is 5.69 Å². The number of hydrogen-bond acceptors (Lipinski definition) is 5. The van der Waals surface area contributed by atoms with E-state index in [2.05, 4.69) is 11.4 Å². The summed E-state index contributed by atoms with van der Waals surface area (Å²) < 4.78 is 10.8. The molecule has 0 spiro atoms. The van der Waals surface area contributed by atoms with Crippen LogP contribution in [0.5, 0.6) is 5.75 Å². The molecule has 2 aromatic rings. The molecule has 2 aromatic carbocycles. The summed E-state index contributed by atoms with van der Waals surface area (Å²) >= 11 is 0. The number of benzene rings is 2. The van der Waals surface area contributed by atoms with Gasteiger partial charge in [-0.25, -0.2) is 0 Å². The lowest BCUT2D eigenvalue weighted by molar-refractivity contribution is -0.385. The van der Waals surface area contributed by atoms with Crippen LogP contribution in [0.4, 0.5) is 5.69 Å². The topological polar surface area (TPSA) is 73.6 Å². The molecule has 0 aliphatic carbocycles. The zero-order chi connectivity index (χ0) is 19.2. The monoisotopic (exact) mass is 358 g/mol. The third kappa shape index (κ3) is 6.13. The van der Waals surface area contributed by atoms with Gasteiger partial charge in [-0.1, -0.05) is 30.3 Å². The lowest BCUT2D eigenvalue weighted by Crippen LogP contribution is -2.18. The highest BCUT2D eigenvalue weighted by Crippen LogP contribution is 2.27. The Morgan fingerprint density at radius 2 is 1.69 bits per heavy atom. The summed E-state index contributed by atoms with van der Waals surface area (Å²) in [6.07, 6.45) is 0. The predicted molar refractivity (Wildman–Crippen MR) is 101 cm³/mol. The molecule has 0 saturated carbocycles. The lowest BCUT2D eigenvalue weighted by Gasteiger charge is -2.19. The highest BCUT2D eigenvalue weighted by atomic mass is 16.6. The number of nitro groups is 1. The minimum absolute atomic E-state index is 0.0203. The third-order valence-electron chi connectivity index (χ3n) is 3.76. The summed E-state index contributed by atoms with van der Waals surface area (Å²) in [5.74, 6) is 0.269. The van der Waals surface area contributed by atoms with Crippen LogP contribution in [0.25, 0.3) is 0 Å². The number of methoxy groups -OCH3 is 1. The van der Waals surface area contributed by atoms with E-state index < -0.39 is 4.92 Å². The molecule has 6 heteroatoms. The van der Waals surface area contributed by atoms with Gasteiger partial charge in [0.25, 0.3) is 0 Å². The summed E-state index contributed by atoms with van der Waals surface area (Å²) in [6.45, 7) is 7.88. The van der Waals surface area contributed by atoms with Crippen LogP contribution in [0.1, 0.15) is 37.5 Å². The van der Waals surface area contributed by atoms with E-state index in [1.54, 1.807) is 12.1 Å². The molecule has 0 aromatic heterocycles. The highest BCUT2D eigenvalue weighted by Gasteiger charge is 2.15. The molecule has 0 fully saturated rings. The quantitative estimate of drug-likeness (QED) is 0.565. The molecular weight excluding hydrogens is 332 g/mol. The number of nitro benzene ring substituents is 1. The van der Waals surface area contributed by atoms with Crippen LogP contribution in [0, 0.1) is 10.1 Å². The number of nitrogens with zero attached hydrogens (tertiary/aromatic N) is 1. The Kier molecular flexibility index (Phi) is 6.71. The van der Waals surface area contributed by atoms with E-state index in [0.29, 0.717) is 19.7 Å². The van der Waals surface area contributed by atoms with E-state index in [-0.39, 0.29) is 17.0 Å². The van der Waals surface area contributed by atoms with E-state index in [0.717, 1.165) is 16.7 Å². The van der Waals surface area contributed by atoms with Crippen molar-refractivity contribution in [2.75, 3.05) is 7.11 Å². The molecule has 6 nitrogen and oxygen atoms in total. The van der Waals surface area contributed by atoms with Crippen molar-refractivity contribution in [1.82, 2.24) is 5.32 Å². The Labute approximate surface area is 154 Å². The molecular formula is C20H26N2O4. The van der Waals surface area contributed by atoms with Crippen molar-refractivity contribution in [2.45, 2.75) is 46.1 Å². The molecule has 1 N–H and O–H groups in total. The van der Waals surface area contributed by atoms with Crippen molar-refractivity contribution < 1.29 is 14.4 Å². The van der Waals surface area contributed by atoms with Crippen LogP contribution < -0.4 is 10.1 Å². The molecule has 26 heavy (non-hydrogen) atoms. The smallest absolute Gasteiger partial charge is 0.311 e. The minimum Gasteiger partial charge on any atom is -0.490 e. The minimum atomic E-state index is -0.430. The van der Waals surface area contributed by atoms with Crippen LogP contribution in [0.3, 0.4) is 0 Å². The van der Waals surface area contributed by atoms with Gasteiger partial charge in [-0.3, -0.25) is 10.1 Å². The summed E-state index contributed by atoms with van der Waals surface area (Å²) in [5.41, 5.74) is 2.91. The molecule has 0 amide bonds. The summed E-state index contributed by atoms with van der Waals surface area (Å²) in [5, 5.41) is 14.4. The average Bonchev–Trinajstić information content (AvgIpc) is 2.59. The van der Waals surface area contributed by atoms with E-state index >= 15 is 0 Å². The van der Waals surface area contributed by atoms with Crippen molar-refractivity contribution in [3.63, 3.8) is 0 Å². The van der Waals surface area contributed by atoms with Gasteiger partial charge in [-0.15, -0.1) is 0 Å². The largest absolute Gasteiger partial charge is 0.490 e. The molecule has 0 atom stereocenters. The Balaban J connectivity index is 1.93. The van der Waals surface area contributed by atoms with Crippen molar-refractivity contribution in [3.8, 4) is 5.75 Å². The summed E-state index contributed by atoms with van der Waals surface area (Å²) in [4.78, 5) is 10.7. The average molecular weight is 358 g/mol. The SMILES string of the molecule is COc1ccc(CNCc2cccc(COC(C)(C)C)c2)cc1[N+](=O)[O-]. The van der Waals surface area contributed by atoms with E-state index in [1.807, 2.05) is 45.0 Å². The highest BCUT2D eigenvalue weighted by molar-refractivity contribution is 5.48. The lowest BCUT2D eigenvalue weighted by atomic mass is 10.1. The Morgan fingerprint density at radius 1 is 1.04 bits per heavy atom. The first kappa shape index (κ1) is 19.9. The van der Waals surface area contributed by atoms with Gasteiger partial charge in [0.15, 0.2) is 5.75 Å². The number of hydrogen-bond donors (Lipinski definition) is 1. The van der Waals surface area contributed by atoms with Crippen molar-refractivity contribution in [1.29, 1.82) is 0 Å². The van der Waals surface area contributed by atoms with E-state index in [9.17, 15) is 10.1 Å². The van der Waals surface area contributed by atoms with Gasteiger partial charge in [0.05, 0.1) is 24.2 Å². The fourth-order valence-electron chi connectivity index (χ4n) is 2.47. The standard InChI is InChI=1S/C20H26N2O4/c1-20(2,3)26-14-17-7-5-6-15(10-17)12-21-13-16-8-9-19(25-4)18(11-16)22(23)24/h5-11,21H,12-14H2,1-4H3. The van der Waals surface area contributed by atoms with Crippen molar-refractivity contribution in [3.05, 3.63) is 69.3 Å². The fourth-order valence-corrected chi connectivity index (χ4v) is 2.47. The van der Waals surface area contributed by atoms with E-state index in [1.165, 1.54) is 7.11 Å². The Morgan fingerprint density at radius 3 is 2.31 bits per heavy atom. The first-order chi connectivity index (χ1) is 12.3. The van der Waals surface area contributed by atoms with Gasteiger partial charge in [0, 0.05) is 19.2 Å². The summed E-state index contributed by atoms with van der Waals surface area (Å²) in [7, 11) is 1.43. The molecule has 0 saturated heterocycles. The number of rotatable bonds is 8. The zero-order valence-corrected chi connectivity index (χ0v) is 15.7. The molecule has 140 valence electrons. The number of nitrogens with one attached hydrogen (secondary N) is 1. The van der Waals surface area contributed by atoms with Gasteiger partial charge in [-0.2, -0.15) is 0 Å². The Bertz CT molecular complexity index is 754. The maximum absolute atomic E-state index is 11.1. The van der Waals surface area contributed by atoms with Crippen LogP contribution in [-0.2, 0) is 24.4 Å². The van der Waals surface area contributed by atoms with Gasteiger partial charge in [0.2, 0.25) is 0 Å². The third-order valence-corrected chi connectivity index (χ3v) is 3.76. The fraction of sp³-hybridized carbons (Fsp3) is 0.400. The normalized spacial score (nSPS) is 11.4. The van der Waals surface area contributed by atoms with E-state index in [4.69, 9.17) is 9.47 Å². The van der Waals surface area contributed by atoms with Gasteiger partial charge < -0.3 is 14.8 Å². The molecule has 0 bridgehead atoms. The molecule has 0 unspecified atom stereocenters. The second-order valence-electron chi connectivity index (χ2n) is 7.09. The first-order valence-electron chi connectivity index (χ1n) is 8.52. The first-order valence-corrected chi connectivity index (χ1v) is 8.52. The molecule has 0 aliphatic heterocycles. The Hall–Kier alpha value is -2.44. The second kappa shape index (κ2) is 8.78. The zero-order valence-electron chi connectivity index (χ0n) is 15.7. The van der Waals surface area contributed by atoms with Crippen LogP contribution in [0.15, 0.2) is 42.5 Å². The summed E-state index contributed by atoms with van der Waals surface area (Å²) in [6, 6.07) is 13.2. The van der Waals surface area contributed by atoms with Crippen LogP contribution in [-0.4, -0.2) is 17.6 Å². The molecule has 0 radical (unpaired) electrons. The number of ether oxygens (including phenoxy) is 2. The van der Waals surface area contributed by atoms with Gasteiger partial charge in [0.1, 0.15) is 0 Å². The maximum Gasteiger partial charge on any atom is 0.311 e. The van der Waals surface area contributed by atoms with Gasteiger partial charge >= 0.3 is 5.69 Å². The molecule has 2 rings (SSSR count). The van der Waals surface area contributed by atoms with Crippen molar-refractivity contribution in [2.24, 2.45) is 0 Å². The maximum atomic E-state index is 11.1. The molecule has 0 heterocycles. The van der Waals surface area contributed by atoms with Crippen LogP contribution >= 0.6 is 0 Å². The van der Waals surface area contributed by atoms with Gasteiger partial charge in [-0.05, 0) is 43.5 Å². The predicted octanol–water partition coefficient (Wildman–Crippen LogP) is 4.21. The van der Waals surface area contributed by atoms with Crippen LogP contribution in [0.2, 0.25) is 0 Å². The molecule has 0 aliphatic rings. The second-order valence-corrected chi connectivity index (χ2v) is 7.09.